The smallest absolute Gasteiger partial charge is 0.319 e. The van der Waals surface area contributed by atoms with Gasteiger partial charge in [0.25, 0.3) is 0 Å². The first-order valence-corrected chi connectivity index (χ1v) is 15.8. The van der Waals surface area contributed by atoms with E-state index in [1.807, 2.05) is 0 Å². The lowest BCUT2D eigenvalue weighted by Gasteiger charge is -2.35. The summed E-state index contributed by atoms with van der Waals surface area (Å²) in [5.41, 5.74) is 3.98. The third-order valence-corrected chi connectivity index (χ3v) is 10.4. The Balaban J connectivity index is 1.22. The molecular formula is C32H40FN7O. The average molecular weight is 558 g/mol. The van der Waals surface area contributed by atoms with Gasteiger partial charge in [-0.15, -0.1) is 0 Å². The number of para-hydroxylation sites is 1. The fourth-order valence-corrected chi connectivity index (χ4v) is 8.37. The van der Waals surface area contributed by atoms with Crippen molar-refractivity contribution < 1.29 is 9.13 Å². The molecule has 1 N–H and O–H groups in total. The van der Waals surface area contributed by atoms with Crippen LogP contribution in [0.25, 0.3) is 10.9 Å². The highest BCUT2D eigenvalue weighted by Gasteiger charge is 2.45. The van der Waals surface area contributed by atoms with Crippen LogP contribution in [0.15, 0.2) is 24.4 Å². The Kier molecular flexibility index (Phi) is 6.29. The Morgan fingerprint density at radius 3 is 2.61 bits per heavy atom. The molecule has 2 atom stereocenters. The van der Waals surface area contributed by atoms with Gasteiger partial charge in [0.1, 0.15) is 17.9 Å². The monoisotopic (exact) mass is 557 g/mol. The standard InChI is InChI=1S/C32H40FN7O/c1-2-21-7-3-8-22-9-4-16-40(28(21)22)30-26(33)27-25(17-34-30)29(38-18-23-10-11-24(19-38)35-23)37-31(36-27)41-20-32-12-5-14-39(32)15-6-13-32/h3,7-8,17,23-24,35H,2,4-6,9-16,18-20H2,1H3. The van der Waals surface area contributed by atoms with Crippen molar-refractivity contribution in [3.05, 3.63) is 41.3 Å². The number of ether oxygens (including phenoxy) is 1. The molecule has 0 aliphatic carbocycles. The van der Waals surface area contributed by atoms with Gasteiger partial charge in [-0.1, -0.05) is 25.1 Å². The molecule has 0 amide bonds. The minimum absolute atomic E-state index is 0.0721. The van der Waals surface area contributed by atoms with Crippen LogP contribution in [-0.2, 0) is 12.8 Å². The van der Waals surface area contributed by atoms with Crippen LogP contribution < -0.4 is 19.9 Å². The fourth-order valence-electron chi connectivity index (χ4n) is 8.37. The molecule has 2 bridgehead atoms. The van der Waals surface area contributed by atoms with Crippen molar-refractivity contribution in [2.24, 2.45) is 0 Å². The van der Waals surface area contributed by atoms with E-state index in [2.05, 4.69) is 45.1 Å². The molecule has 2 unspecified atom stereocenters. The third kappa shape index (κ3) is 4.26. The summed E-state index contributed by atoms with van der Waals surface area (Å²) in [6.45, 7) is 7.43. The molecule has 8 rings (SSSR count). The molecule has 0 spiro atoms. The summed E-state index contributed by atoms with van der Waals surface area (Å²) in [4.78, 5) is 21.5. The van der Waals surface area contributed by atoms with Gasteiger partial charge in [0.05, 0.1) is 10.9 Å². The maximum Gasteiger partial charge on any atom is 0.319 e. The van der Waals surface area contributed by atoms with Crippen LogP contribution in [0.1, 0.15) is 63.0 Å². The van der Waals surface area contributed by atoms with Crippen molar-refractivity contribution in [1.29, 1.82) is 0 Å². The summed E-state index contributed by atoms with van der Waals surface area (Å²) in [6.07, 6.45) is 11.7. The normalized spacial score (nSPS) is 25.1. The van der Waals surface area contributed by atoms with Gasteiger partial charge in [0.2, 0.25) is 0 Å². The molecule has 0 radical (unpaired) electrons. The predicted octanol–water partition coefficient (Wildman–Crippen LogP) is 4.76. The highest BCUT2D eigenvalue weighted by molar-refractivity contribution is 5.92. The maximum absolute atomic E-state index is 16.7. The Hall–Kier alpha value is -3.04. The molecule has 9 heteroatoms. The number of halogens is 1. The van der Waals surface area contributed by atoms with Crippen LogP contribution in [0.2, 0.25) is 0 Å². The summed E-state index contributed by atoms with van der Waals surface area (Å²) in [5, 5.41) is 4.37. The first kappa shape index (κ1) is 25.7. The van der Waals surface area contributed by atoms with E-state index < -0.39 is 0 Å². The molecular weight excluding hydrogens is 517 g/mol. The lowest BCUT2D eigenvalue weighted by molar-refractivity contribution is 0.108. The molecule has 5 aliphatic rings. The molecule has 4 saturated heterocycles. The first-order valence-electron chi connectivity index (χ1n) is 15.8. The van der Waals surface area contributed by atoms with Crippen LogP contribution in [0.3, 0.4) is 0 Å². The minimum atomic E-state index is -0.380. The SMILES string of the molecule is CCc1cccc2c1N(c1ncc3c(N4CC5CCC(C4)N5)nc(OCC45CCCN4CCC5)nc3c1F)CCC2. The first-order chi connectivity index (χ1) is 20.1. The van der Waals surface area contributed by atoms with Crippen LogP contribution in [0.5, 0.6) is 6.01 Å². The average Bonchev–Trinajstić information content (AvgIpc) is 3.69. The van der Waals surface area contributed by atoms with Crippen molar-refractivity contribution in [2.45, 2.75) is 82.3 Å². The van der Waals surface area contributed by atoms with Gasteiger partial charge in [-0.05, 0) is 82.0 Å². The number of fused-ring (bicyclic) bond motifs is 5. The summed E-state index contributed by atoms with van der Waals surface area (Å²) < 4.78 is 23.2. The summed E-state index contributed by atoms with van der Waals surface area (Å²) in [5.74, 6) is 0.725. The van der Waals surface area contributed by atoms with Gasteiger partial charge < -0.3 is 19.9 Å². The number of benzene rings is 1. The Morgan fingerprint density at radius 2 is 1.83 bits per heavy atom. The Bertz CT molecular complexity index is 1440. The van der Waals surface area contributed by atoms with Crippen LogP contribution >= 0.6 is 0 Å². The number of pyridine rings is 1. The molecule has 41 heavy (non-hydrogen) atoms. The largest absolute Gasteiger partial charge is 0.461 e. The second-order valence-electron chi connectivity index (χ2n) is 12.8. The van der Waals surface area contributed by atoms with Crippen LogP contribution in [0, 0.1) is 5.82 Å². The van der Waals surface area contributed by atoms with Gasteiger partial charge in [-0.2, -0.15) is 9.97 Å². The molecule has 4 fully saturated rings. The summed E-state index contributed by atoms with van der Waals surface area (Å²) >= 11 is 0. The van der Waals surface area contributed by atoms with Gasteiger partial charge in [-0.3, -0.25) is 4.90 Å². The molecule has 1 aromatic carbocycles. The van der Waals surface area contributed by atoms with Crippen molar-refractivity contribution in [2.75, 3.05) is 49.1 Å². The third-order valence-electron chi connectivity index (χ3n) is 10.4. The van der Waals surface area contributed by atoms with E-state index in [-0.39, 0.29) is 17.4 Å². The van der Waals surface area contributed by atoms with Gasteiger partial charge in [-0.25, -0.2) is 9.37 Å². The topological polar surface area (TPSA) is 69.7 Å². The van der Waals surface area contributed by atoms with E-state index in [1.54, 1.807) is 6.20 Å². The number of aryl methyl sites for hydroxylation is 2. The zero-order chi connectivity index (χ0) is 27.6. The summed E-state index contributed by atoms with van der Waals surface area (Å²) in [7, 11) is 0. The van der Waals surface area contributed by atoms with Gasteiger partial charge in [0.15, 0.2) is 11.6 Å². The lowest BCUT2D eigenvalue weighted by Crippen LogP contribution is -2.51. The molecule has 7 heterocycles. The molecule has 5 aliphatic heterocycles. The van der Waals surface area contributed by atoms with Gasteiger partial charge in [0, 0.05) is 43.6 Å². The highest BCUT2D eigenvalue weighted by atomic mass is 19.1. The van der Waals surface area contributed by atoms with E-state index in [9.17, 15) is 0 Å². The molecule has 0 saturated carbocycles. The lowest BCUT2D eigenvalue weighted by atomic mass is 9.95. The molecule has 3 aromatic rings. The number of rotatable bonds is 6. The molecule has 8 nitrogen and oxygen atoms in total. The van der Waals surface area contributed by atoms with E-state index in [0.29, 0.717) is 35.4 Å². The fraction of sp³-hybridized carbons (Fsp3) is 0.594. The van der Waals surface area contributed by atoms with Crippen molar-refractivity contribution in [3.63, 3.8) is 0 Å². The van der Waals surface area contributed by atoms with Crippen LogP contribution in [0.4, 0.5) is 21.7 Å². The number of hydrogen-bond acceptors (Lipinski definition) is 8. The van der Waals surface area contributed by atoms with E-state index in [4.69, 9.17) is 19.7 Å². The Labute approximate surface area is 241 Å². The zero-order valence-corrected chi connectivity index (χ0v) is 24.0. The molecule has 2 aromatic heterocycles. The number of nitrogens with zero attached hydrogens (tertiary/aromatic N) is 6. The van der Waals surface area contributed by atoms with E-state index >= 15 is 4.39 Å². The maximum atomic E-state index is 16.7. The quantitative estimate of drug-likeness (QED) is 0.466. The van der Waals surface area contributed by atoms with Gasteiger partial charge >= 0.3 is 6.01 Å². The van der Waals surface area contributed by atoms with Crippen molar-refractivity contribution in [3.8, 4) is 6.01 Å². The Morgan fingerprint density at radius 1 is 1.02 bits per heavy atom. The van der Waals surface area contributed by atoms with E-state index in [0.717, 1.165) is 89.2 Å². The second-order valence-corrected chi connectivity index (χ2v) is 12.8. The number of aromatic nitrogens is 3. The number of nitrogens with one attached hydrogen (secondary N) is 1. The number of anilines is 3. The highest BCUT2D eigenvalue weighted by Crippen LogP contribution is 2.41. The number of hydrogen-bond donors (Lipinski definition) is 1. The zero-order valence-electron chi connectivity index (χ0n) is 24.0. The molecule has 216 valence electrons. The van der Waals surface area contributed by atoms with Crippen molar-refractivity contribution >= 4 is 28.2 Å². The predicted molar refractivity (Wildman–Crippen MR) is 159 cm³/mol. The summed E-state index contributed by atoms with van der Waals surface area (Å²) in [6, 6.07) is 7.58. The number of piperazine rings is 1. The van der Waals surface area contributed by atoms with E-state index in [1.165, 1.54) is 24.0 Å². The van der Waals surface area contributed by atoms with Crippen LogP contribution in [-0.4, -0.2) is 76.8 Å². The van der Waals surface area contributed by atoms with Crippen molar-refractivity contribution in [1.82, 2.24) is 25.2 Å². The second kappa shape index (κ2) is 10.1. The minimum Gasteiger partial charge on any atom is -0.461 e.